The molecule has 0 bridgehead atoms. The number of hydrogen-bond acceptors (Lipinski definition) is 3. The first kappa shape index (κ1) is 10.6. The number of aryl methyl sites for hydroxylation is 1. The van der Waals surface area contributed by atoms with E-state index in [-0.39, 0.29) is 5.78 Å². The van der Waals surface area contributed by atoms with E-state index in [0.717, 1.165) is 34.7 Å². The molecule has 80 valence electrons. The first-order chi connectivity index (χ1) is 7.27. The van der Waals surface area contributed by atoms with Crippen molar-refractivity contribution < 1.29 is 4.79 Å². The van der Waals surface area contributed by atoms with E-state index < -0.39 is 0 Å². The molecule has 0 unspecified atom stereocenters. The highest BCUT2D eigenvalue weighted by Crippen LogP contribution is 2.23. The van der Waals surface area contributed by atoms with Crippen LogP contribution in [-0.4, -0.2) is 10.8 Å². The maximum absolute atomic E-state index is 12.1. The number of carbonyl (C=O) groups excluding carboxylic acids is 1. The molecule has 1 aliphatic rings. The average molecular weight is 221 g/mol. The van der Waals surface area contributed by atoms with Gasteiger partial charge in [0.2, 0.25) is 0 Å². The molecule has 3 heteroatoms. The number of rotatable bonds is 2. The topological polar surface area (TPSA) is 30.0 Å². The summed E-state index contributed by atoms with van der Waals surface area (Å²) in [6.07, 6.45) is 9.43. The van der Waals surface area contributed by atoms with Gasteiger partial charge in [0.05, 0.1) is 9.88 Å². The Hall–Kier alpha value is -0.960. The van der Waals surface area contributed by atoms with E-state index in [1.54, 1.807) is 6.20 Å². The second-order valence-corrected chi connectivity index (χ2v) is 5.14. The van der Waals surface area contributed by atoms with E-state index in [9.17, 15) is 4.79 Å². The van der Waals surface area contributed by atoms with Gasteiger partial charge in [-0.3, -0.25) is 4.79 Å². The third-order valence-corrected chi connectivity index (χ3v) is 3.59. The largest absolute Gasteiger partial charge is 0.288 e. The number of carbonyl (C=O) groups is 1. The molecule has 2 nitrogen and oxygen atoms in total. The second-order valence-electron chi connectivity index (χ2n) is 3.90. The summed E-state index contributed by atoms with van der Waals surface area (Å²) in [6, 6.07) is 0. The van der Waals surface area contributed by atoms with Crippen LogP contribution in [0.25, 0.3) is 0 Å². The normalized spacial score (nSPS) is 17.0. The van der Waals surface area contributed by atoms with Crippen LogP contribution in [0.5, 0.6) is 0 Å². The lowest BCUT2D eigenvalue weighted by Crippen LogP contribution is -2.00. The molecular weight excluding hydrogens is 206 g/mol. The zero-order valence-corrected chi connectivity index (χ0v) is 9.77. The number of Topliss-reactive ketones (excluding diaryl/α,β-unsaturated/α-hetero) is 1. The fourth-order valence-corrected chi connectivity index (χ4v) is 2.60. The summed E-state index contributed by atoms with van der Waals surface area (Å²) in [6.45, 7) is 1.93. The van der Waals surface area contributed by atoms with Crippen LogP contribution in [0.1, 0.15) is 46.8 Å². The van der Waals surface area contributed by atoms with Crippen molar-refractivity contribution >= 4 is 17.1 Å². The third-order valence-electron chi connectivity index (χ3n) is 2.68. The van der Waals surface area contributed by atoms with Crippen molar-refractivity contribution in [2.24, 2.45) is 0 Å². The van der Waals surface area contributed by atoms with Gasteiger partial charge in [0.25, 0.3) is 0 Å². The highest BCUT2D eigenvalue weighted by Gasteiger charge is 2.15. The molecule has 0 radical (unpaired) electrons. The number of thiazole rings is 1. The Balaban J connectivity index is 2.16. The SMILES string of the molecule is Cc1ncc(C(=O)C2=CCCCCC2)s1. The van der Waals surface area contributed by atoms with Gasteiger partial charge in [-0.2, -0.15) is 0 Å². The first-order valence-electron chi connectivity index (χ1n) is 5.43. The summed E-state index contributed by atoms with van der Waals surface area (Å²) < 4.78 is 0. The van der Waals surface area contributed by atoms with Crippen molar-refractivity contribution in [3.8, 4) is 0 Å². The summed E-state index contributed by atoms with van der Waals surface area (Å²) in [4.78, 5) is 17.0. The molecule has 0 saturated heterocycles. The highest BCUT2D eigenvalue weighted by atomic mass is 32.1. The lowest BCUT2D eigenvalue weighted by atomic mass is 10.1. The van der Waals surface area contributed by atoms with Gasteiger partial charge in [0, 0.05) is 6.20 Å². The predicted molar refractivity (Wildman–Crippen MR) is 62.3 cm³/mol. The Morgan fingerprint density at radius 1 is 1.40 bits per heavy atom. The molecule has 15 heavy (non-hydrogen) atoms. The average Bonchev–Trinajstić information content (AvgIpc) is 2.53. The molecule has 1 aliphatic carbocycles. The molecular formula is C12H15NOS. The van der Waals surface area contributed by atoms with Crippen molar-refractivity contribution in [2.45, 2.75) is 39.0 Å². The number of ketones is 1. The zero-order chi connectivity index (χ0) is 10.7. The molecule has 2 rings (SSSR count). The minimum atomic E-state index is 0.197. The Bertz CT molecular complexity index is 392. The minimum absolute atomic E-state index is 0.197. The van der Waals surface area contributed by atoms with Crippen LogP contribution in [0.3, 0.4) is 0 Å². The van der Waals surface area contributed by atoms with Crippen molar-refractivity contribution in [1.82, 2.24) is 4.98 Å². The van der Waals surface area contributed by atoms with Gasteiger partial charge in [-0.15, -0.1) is 11.3 Å². The van der Waals surface area contributed by atoms with E-state index in [1.165, 1.54) is 24.2 Å². The van der Waals surface area contributed by atoms with Crippen molar-refractivity contribution in [3.05, 3.63) is 27.7 Å². The van der Waals surface area contributed by atoms with Gasteiger partial charge in [-0.25, -0.2) is 4.98 Å². The second kappa shape index (κ2) is 4.71. The molecule has 1 heterocycles. The van der Waals surface area contributed by atoms with Crippen molar-refractivity contribution in [2.75, 3.05) is 0 Å². The molecule has 0 aliphatic heterocycles. The minimum Gasteiger partial charge on any atom is -0.288 e. The monoisotopic (exact) mass is 221 g/mol. The van der Waals surface area contributed by atoms with Gasteiger partial charge >= 0.3 is 0 Å². The standard InChI is InChI=1S/C12H15NOS/c1-9-13-8-11(15-9)12(14)10-6-4-2-3-5-7-10/h6,8H,2-5,7H2,1H3. The number of hydrogen-bond donors (Lipinski definition) is 0. The van der Waals surface area contributed by atoms with Crippen LogP contribution in [0.4, 0.5) is 0 Å². The van der Waals surface area contributed by atoms with Crippen LogP contribution in [0, 0.1) is 6.92 Å². The Morgan fingerprint density at radius 3 is 3.00 bits per heavy atom. The zero-order valence-electron chi connectivity index (χ0n) is 8.95. The quantitative estimate of drug-likeness (QED) is 0.715. The van der Waals surface area contributed by atoms with Gasteiger partial charge in [-0.05, 0) is 38.2 Å². The number of nitrogens with zero attached hydrogens (tertiary/aromatic N) is 1. The van der Waals surface area contributed by atoms with Gasteiger partial charge in [0.15, 0.2) is 5.78 Å². The van der Waals surface area contributed by atoms with Crippen LogP contribution in [0.15, 0.2) is 17.8 Å². The van der Waals surface area contributed by atoms with E-state index in [1.807, 2.05) is 6.92 Å². The molecule has 1 aromatic rings. The van der Waals surface area contributed by atoms with Crippen LogP contribution >= 0.6 is 11.3 Å². The molecule has 0 saturated carbocycles. The van der Waals surface area contributed by atoms with Crippen LogP contribution in [-0.2, 0) is 0 Å². The molecule has 0 aromatic carbocycles. The Kier molecular flexibility index (Phi) is 3.31. The third kappa shape index (κ3) is 2.53. The van der Waals surface area contributed by atoms with Crippen molar-refractivity contribution in [1.29, 1.82) is 0 Å². The summed E-state index contributed by atoms with van der Waals surface area (Å²) in [7, 11) is 0. The van der Waals surface area contributed by atoms with E-state index in [4.69, 9.17) is 0 Å². The first-order valence-corrected chi connectivity index (χ1v) is 6.25. The Labute approximate surface area is 94.0 Å². The van der Waals surface area contributed by atoms with E-state index in [2.05, 4.69) is 11.1 Å². The van der Waals surface area contributed by atoms with Crippen LogP contribution in [0.2, 0.25) is 0 Å². The highest BCUT2D eigenvalue weighted by molar-refractivity contribution is 7.13. The maximum atomic E-state index is 12.1. The summed E-state index contributed by atoms with van der Waals surface area (Å²) in [5, 5.41) is 0.965. The van der Waals surface area contributed by atoms with E-state index in [0.29, 0.717) is 0 Å². The number of aromatic nitrogens is 1. The predicted octanol–water partition coefficient (Wildman–Crippen LogP) is 3.52. The maximum Gasteiger partial charge on any atom is 0.200 e. The molecule has 0 atom stereocenters. The summed E-state index contributed by atoms with van der Waals surface area (Å²) in [5.41, 5.74) is 0.996. The lowest BCUT2D eigenvalue weighted by Gasteiger charge is -2.00. The van der Waals surface area contributed by atoms with Crippen LogP contribution < -0.4 is 0 Å². The van der Waals surface area contributed by atoms with Gasteiger partial charge < -0.3 is 0 Å². The van der Waals surface area contributed by atoms with Gasteiger partial charge in [0.1, 0.15) is 0 Å². The van der Waals surface area contributed by atoms with Crippen molar-refractivity contribution in [3.63, 3.8) is 0 Å². The summed E-state index contributed by atoms with van der Waals surface area (Å²) in [5.74, 6) is 0.197. The molecule has 0 fully saturated rings. The smallest absolute Gasteiger partial charge is 0.200 e. The lowest BCUT2D eigenvalue weighted by molar-refractivity contribution is 0.103. The fraction of sp³-hybridized carbons (Fsp3) is 0.500. The van der Waals surface area contributed by atoms with E-state index >= 15 is 0 Å². The summed E-state index contributed by atoms with van der Waals surface area (Å²) >= 11 is 1.49. The molecule has 1 aromatic heterocycles. The van der Waals surface area contributed by atoms with Gasteiger partial charge in [-0.1, -0.05) is 12.5 Å². The Morgan fingerprint density at radius 2 is 2.27 bits per heavy atom. The molecule has 0 N–H and O–H groups in total. The number of allylic oxidation sites excluding steroid dienone is 2. The molecule has 0 spiro atoms. The fourth-order valence-electron chi connectivity index (χ4n) is 1.85. The molecule has 0 amide bonds.